The molecule has 0 aliphatic heterocycles. The van der Waals surface area contributed by atoms with Crippen LogP contribution in [0.15, 0.2) is 36.8 Å². The van der Waals surface area contributed by atoms with E-state index in [0.717, 1.165) is 12.0 Å². The summed E-state index contributed by atoms with van der Waals surface area (Å²) in [6.07, 6.45) is 3.59. The minimum atomic E-state index is -0.241. The summed E-state index contributed by atoms with van der Waals surface area (Å²) in [6, 6.07) is 8.35. The predicted molar refractivity (Wildman–Crippen MR) is 65.3 cm³/mol. The van der Waals surface area contributed by atoms with Gasteiger partial charge in [-0.3, -0.25) is 0 Å². The van der Waals surface area contributed by atoms with Gasteiger partial charge in [-0.25, -0.2) is 14.4 Å². The smallest absolute Gasteiger partial charge is 0.147 e. The summed E-state index contributed by atoms with van der Waals surface area (Å²) in [5, 5.41) is 11.9. The van der Waals surface area contributed by atoms with Gasteiger partial charge in [-0.05, 0) is 24.1 Å². The second-order valence-electron chi connectivity index (χ2n) is 3.70. The Labute approximate surface area is 104 Å². The van der Waals surface area contributed by atoms with Crippen LogP contribution >= 0.6 is 0 Å². The average Bonchev–Trinajstić information content (AvgIpc) is 2.41. The van der Waals surface area contributed by atoms with E-state index in [0.29, 0.717) is 17.9 Å². The van der Waals surface area contributed by atoms with Gasteiger partial charge >= 0.3 is 0 Å². The summed E-state index contributed by atoms with van der Waals surface area (Å²) in [4.78, 5) is 7.77. The van der Waals surface area contributed by atoms with E-state index >= 15 is 0 Å². The number of nitrogens with zero attached hydrogens (tertiary/aromatic N) is 3. The Hall–Kier alpha value is -2.48. The third-order valence-electron chi connectivity index (χ3n) is 2.45. The van der Waals surface area contributed by atoms with Gasteiger partial charge in [0.1, 0.15) is 29.6 Å². The minimum absolute atomic E-state index is 0.241. The quantitative estimate of drug-likeness (QED) is 0.892. The molecule has 0 radical (unpaired) electrons. The van der Waals surface area contributed by atoms with E-state index in [1.54, 1.807) is 12.1 Å². The van der Waals surface area contributed by atoms with E-state index in [1.165, 1.54) is 24.7 Å². The molecule has 0 unspecified atom stereocenters. The van der Waals surface area contributed by atoms with E-state index in [1.807, 2.05) is 6.07 Å². The Morgan fingerprint density at radius 3 is 2.78 bits per heavy atom. The van der Waals surface area contributed by atoms with Crippen LogP contribution in [0.25, 0.3) is 0 Å². The summed E-state index contributed by atoms with van der Waals surface area (Å²) >= 11 is 0. The standard InChI is InChI=1S/C13H11FN4/c14-12-3-1-10(2-4-12)5-6-17-13-11(7-15)8-16-9-18-13/h1-4,8-9H,5-6H2,(H,16,17,18). The fourth-order valence-corrected chi connectivity index (χ4v) is 1.53. The van der Waals surface area contributed by atoms with Crippen LogP contribution in [0.2, 0.25) is 0 Å². The zero-order valence-corrected chi connectivity index (χ0v) is 9.60. The van der Waals surface area contributed by atoms with Crippen molar-refractivity contribution in [3.05, 3.63) is 53.7 Å². The van der Waals surface area contributed by atoms with Crippen molar-refractivity contribution in [2.24, 2.45) is 0 Å². The summed E-state index contributed by atoms with van der Waals surface area (Å²) in [5.41, 5.74) is 1.44. The first kappa shape index (κ1) is 12.0. The van der Waals surface area contributed by atoms with Gasteiger partial charge in [0.2, 0.25) is 0 Å². The fraction of sp³-hybridized carbons (Fsp3) is 0.154. The molecular weight excluding hydrogens is 231 g/mol. The highest BCUT2D eigenvalue weighted by atomic mass is 19.1. The van der Waals surface area contributed by atoms with Gasteiger partial charge in [0, 0.05) is 6.54 Å². The SMILES string of the molecule is N#Cc1cncnc1NCCc1ccc(F)cc1. The fourth-order valence-electron chi connectivity index (χ4n) is 1.53. The molecule has 1 heterocycles. The van der Waals surface area contributed by atoms with Crippen molar-refractivity contribution in [3.8, 4) is 6.07 Å². The number of aromatic nitrogens is 2. The van der Waals surface area contributed by atoms with Gasteiger partial charge in [-0.1, -0.05) is 12.1 Å². The van der Waals surface area contributed by atoms with Gasteiger partial charge < -0.3 is 5.32 Å². The van der Waals surface area contributed by atoms with E-state index in [9.17, 15) is 4.39 Å². The van der Waals surface area contributed by atoms with Gasteiger partial charge in [-0.2, -0.15) is 5.26 Å². The number of halogens is 1. The van der Waals surface area contributed by atoms with E-state index < -0.39 is 0 Å². The predicted octanol–water partition coefficient (Wildman–Crippen LogP) is 2.14. The normalized spacial score (nSPS) is 9.78. The van der Waals surface area contributed by atoms with E-state index in [2.05, 4.69) is 15.3 Å². The van der Waals surface area contributed by atoms with Crippen molar-refractivity contribution >= 4 is 5.82 Å². The van der Waals surface area contributed by atoms with Crippen LogP contribution in [0, 0.1) is 17.1 Å². The van der Waals surface area contributed by atoms with Crippen molar-refractivity contribution in [1.82, 2.24) is 9.97 Å². The van der Waals surface area contributed by atoms with Crippen molar-refractivity contribution in [2.75, 3.05) is 11.9 Å². The molecule has 2 aromatic rings. The lowest BCUT2D eigenvalue weighted by molar-refractivity contribution is 0.627. The molecule has 90 valence electrons. The van der Waals surface area contributed by atoms with Gasteiger partial charge in [0.25, 0.3) is 0 Å². The molecule has 4 nitrogen and oxygen atoms in total. The van der Waals surface area contributed by atoms with Gasteiger partial charge in [0.05, 0.1) is 6.20 Å². The molecule has 0 aliphatic rings. The molecule has 2 rings (SSSR count). The average molecular weight is 242 g/mol. The molecule has 0 amide bonds. The molecule has 1 aromatic carbocycles. The first-order valence-corrected chi connectivity index (χ1v) is 5.48. The maximum atomic E-state index is 12.7. The number of nitriles is 1. The highest BCUT2D eigenvalue weighted by molar-refractivity contribution is 5.49. The maximum Gasteiger partial charge on any atom is 0.147 e. The third-order valence-corrected chi connectivity index (χ3v) is 2.45. The zero-order valence-electron chi connectivity index (χ0n) is 9.60. The molecule has 0 atom stereocenters. The Kier molecular flexibility index (Phi) is 3.82. The van der Waals surface area contributed by atoms with Crippen LogP contribution in [-0.4, -0.2) is 16.5 Å². The van der Waals surface area contributed by atoms with Crippen LogP contribution in [0.1, 0.15) is 11.1 Å². The molecule has 0 spiro atoms. The molecule has 1 N–H and O–H groups in total. The Morgan fingerprint density at radius 1 is 1.28 bits per heavy atom. The molecule has 5 heteroatoms. The topological polar surface area (TPSA) is 61.6 Å². The molecule has 0 bridgehead atoms. The second-order valence-corrected chi connectivity index (χ2v) is 3.70. The number of hydrogen-bond donors (Lipinski definition) is 1. The largest absolute Gasteiger partial charge is 0.369 e. The second kappa shape index (κ2) is 5.73. The van der Waals surface area contributed by atoms with Crippen LogP contribution in [-0.2, 0) is 6.42 Å². The van der Waals surface area contributed by atoms with Crippen LogP contribution < -0.4 is 5.32 Å². The lowest BCUT2D eigenvalue weighted by Crippen LogP contribution is -2.08. The van der Waals surface area contributed by atoms with E-state index in [-0.39, 0.29) is 5.82 Å². The molecule has 0 aliphatic carbocycles. The highest BCUT2D eigenvalue weighted by Gasteiger charge is 2.02. The maximum absolute atomic E-state index is 12.7. The van der Waals surface area contributed by atoms with Gasteiger partial charge in [0.15, 0.2) is 0 Å². The first-order chi connectivity index (χ1) is 8.79. The van der Waals surface area contributed by atoms with E-state index in [4.69, 9.17) is 5.26 Å². The Balaban J connectivity index is 1.93. The van der Waals surface area contributed by atoms with Crippen molar-refractivity contribution in [2.45, 2.75) is 6.42 Å². The third kappa shape index (κ3) is 3.01. The van der Waals surface area contributed by atoms with Crippen molar-refractivity contribution in [3.63, 3.8) is 0 Å². The zero-order chi connectivity index (χ0) is 12.8. The monoisotopic (exact) mass is 242 g/mol. The number of benzene rings is 1. The number of anilines is 1. The number of nitrogens with one attached hydrogen (secondary N) is 1. The molecule has 0 saturated heterocycles. The molecule has 18 heavy (non-hydrogen) atoms. The molecular formula is C13H11FN4. The molecule has 0 fully saturated rings. The molecule has 1 aromatic heterocycles. The summed E-state index contributed by atoms with van der Waals surface area (Å²) in [5.74, 6) is 0.281. The lowest BCUT2D eigenvalue weighted by Gasteiger charge is -2.06. The minimum Gasteiger partial charge on any atom is -0.369 e. The van der Waals surface area contributed by atoms with Crippen LogP contribution in [0.3, 0.4) is 0 Å². The Bertz CT molecular complexity index is 560. The van der Waals surface area contributed by atoms with Crippen molar-refractivity contribution in [1.29, 1.82) is 5.26 Å². The van der Waals surface area contributed by atoms with Gasteiger partial charge in [-0.15, -0.1) is 0 Å². The Morgan fingerprint density at radius 2 is 2.06 bits per heavy atom. The molecule has 0 saturated carbocycles. The number of rotatable bonds is 4. The number of hydrogen-bond acceptors (Lipinski definition) is 4. The first-order valence-electron chi connectivity index (χ1n) is 5.48. The van der Waals surface area contributed by atoms with Crippen LogP contribution in [0.4, 0.5) is 10.2 Å². The summed E-state index contributed by atoms with van der Waals surface area (Å²) in [6.45, 7) is 0.622. The van der Waals surface area contributed by atoms with Crippen LogP contribution in [0.5, 0.6) is 0 Å². The lowest BCUT2D eigenvalue weighted by atomic mass is 10.1. The summed E-state index contributed by atoms with van der Waals surface area (Å²) < 4.78 is 12.7. The summed E-state index contributed by atoms with van der Waals surface area (Å²) in [7, 11) is 0. The van der Waals surface area contributed by atoms with Crippen molar-refractivity contribution < 1.29 is 4.39 Å². The highest BCUT2D eigenvalue weighted by Crippen LogP contribution is 2.09.